The molecule has 0 aliphatic heterocycles. The van der Waals surface area contributed by atoms with Crippen LogP contribution in [0.4, 0.5) is 9.59 Å². The van der Waals surface area contributed by atoms with Gasteiger partial charge >= 0.3 is 12.2 Å². The second-order valence-corrected chi connectivity index (χ2v) is 19.0. The first kappa shape index (κ1) is 39.9. The molecule has 0 saturated heterocycles. The van der Waals surface area contributed by atoms with Crippen LogP contribution in [-0.2, 0) is 60.8 Å². The number of hydrogen-bond donors (Lipinski definition) is 0. The summed E-state index contributed by atoms with van der Waals surface area (Å²) in [5.41, 5.74) is -5.02. The summed E-state index contributed by atoms with van der Waals surface area (Å²) in [7, 11) is 2.60. The number of nitrogens with zero attached hydrogens (tertiary/aromatic N) is 2. The first-order valence-corrected chi connectivity index (χ1v) is 20.2. The van der Waals surface area contributed by atoms with Crippen LogP contribution in [0.3, 0.4) is 0 Å². The zero-order chi connectivity index (χ0) is 29.8. The maximum absolute atomic E-state index is 11.9. The molecule has 0 aliphatic carbocycles. The molecule has 0 aromatic carbocycles. The van der Waals surface area contributed by atoms with Gasteiger partial charge in [0.1, 0.15) is 0 Å². The minimum absolute atomic E-state index is 0.0204. The molecule has 4 amide bonds. The molecule has 0 N–H and O–H groups in total. The van der Waals surface area contributed by atoms with E-state index in [4.69, 9.17) is 46.4 Å². The van der Waals surface area contributed by atoms with Gasteiger partial charge in [-0.15, -0.1) is 0 Å². The lowest BCUT2D eigenvalue weighted by Crippen LogP contribution is -2.37. The number of rotatable bonds is 16. The summed E-state index contributed by atoms with van der Waals surface area (Å²) in [5, 5.41) is 0. The minimum atomic E-state index is -2.51. The van der Waals surface area contributed by atoms with Crippen molar-refractivity contribution in [2.45, 2.75) is 41.5 Å². The van der Waals surface area contributed by atoms with Gasteiger partial charge in [-0.3, -0.25) is 9.59 Å². The Kier molecular flexibility index (Phi) is 23.5. The predicted octanol–water partition coefficient (Wildman–Crippen LogP) is 5.26. The molecule has 0 rings (SSSR count). The van der Waals surface area contributed by atoms with Crippen molar-refractivity contribution in [2.75, 3.05) is 65.2 Å². The molecule has 224 valence electrons. The average Bonchev–Trinajstić information content (AvgIpc) is 2.87. The summed E-state index contributed by atoms with van der Waals surface area (Å²) in [6, 6.07) is 0. The zero-order valence-electron chi connectivity index (χ0n) is 23.2. The normalized spacial score (nSPS) is 11.2. The van der Waals surface area contributed by atoms with E-state index >= 15 is 0 Å². The summed E-state index contributed by atoms with van der Waals surface area (Å²) < 4.78 is 30.8. The Hall–Kier alpha value is -0.280. The molecule has 0 saturated carbocycles. The Morgan fingerprint density at radius 3 is 1.39 bits per heavy atom. The Labute approximate surface area is 244 Å². The van der Waals surface area contributed by atoms with E-state index in [9.17, 15) is 19.2 Å². The molecule has 12 nitrogen and oxygen atoms in total. The highest BCUT2D eigenvalue weighted by atomic mass is 32.9. The van der Waals surface area contributed by atoms with Crippen molar-refractivity contribution >= 4 is 81.8 Å². The monoisotopic (exact) mass is 658 g/mol. The number of hydrogen-bond acceptors (Lipinski definition) is 14. The molecule has 0 unspecified atom stereocenters. The van der Waals surface area contributed by atoms with Crippen molar-refractivity contribution in [3.8, 4) is 0 Å². The predicted molar refractivity (Wildman–Crippen MR) is 160 cm³/mol. The lowest BCUT2D eigenvalue weighted by atomic mass is 10.5. The maximum Gasteiger partial charge on any atom is 0.416 e. The van der Waals surface area contributed by atoms with Gasteiger partial charge in [0.05, 0.1) is 51.6 Å². The van der Waals surface area contributed by atoms with E-state index in [0.717, 1.165) is 32.6 Å². The van der Waals surface area contributed by atoms with Crippen molar-refractivity contribution < 1.29 is 46.7 Å². The molecule has 0 aromatic rings. The third-order valence-electron chi connectivity index (χ3n) is 3.77. The fourth-order valence-electron chi connectivity index (χ4n) is 2.14. The number of ether oxygens (including phenoxy) is 2. The van der Waals surface area contributed by atoms with Gasteiger partial charge in [0.15, 0.2) is 0 Å². The second-order valence-electron chi connectivity index (χ2n) is 6.37. The van der Waals surface area contributed by atoms with Gasteiger partial charge in [0, 0.05) is 13.6 Å². The van der Waals surface area contributed by atoms with E-state index in [-0.39, 0.29) is 30.6 Å². The fraction of sp³-hybridized carbons (Fsp3) is 0.800. The summed E-state index contributed by atoms with van der Waals surface area (Å²) in [6.07, 6.45) is -1.34. The molecule has 0 spiro atoms. The Bertz CT molecular complexity index is 816. The number of amides is 4. The van der Waals surface area contributed by atoms with E-state index in [1.807, 2.05) is 27.7 Å². The average molecular weight is 659 g/mol. The van der Waals surface area contributed by atoms with Gasteiger partial charge in [-0.25, -0.2) is 19.4 Å². The quantitative estimate of drug-likeness (QED) is 0.200. The molecule has 0 fully saturated rings. The summed E-state index contributed by atoms with van der Waals surface area (Å²) in [6.45, 7) is 12.8. The highest BCUT2D eigenvalue weighted by molar-refractivity contribution is 8.68. The van der Waals surface area contributed by atoms with E-state index in [1.165, 1.54) is 14.2 Å². The summed E-state index contributed by atoms with van der Waals surface area (Å²) >= 11 is 12.8. The largest absolute Gasteiger partial charge is 0.452 e. The van der Waals surface area contributed by atoms with Gasteiger partial charge < -0.3 is 27.6 Å². The third kappa shape index (κ3) is 16.7. The maximum atomic E-state index is 11.9. The Morgan fingerprint density at radius 2 is 1.08 bits per heavy atom. The molecular formula is C20H40N2O10P2S4. The van der Waals surface area contributed by atoms with Crippen LogP contribution >= 0.6 is 34.2 Å². The van der Waals surface area contributed by atoms with E-state index < -0.39 is 29.5 Å². The van der Waals surface area contributed by atoms with E-state index in [1.54, 1.807) is 13.8 Å². The van der Waals surface area contributed by atoms with Crippen molar-refractivity contribution in [1.82, 2.24) is 9.80 Å². The highest BCUT2D eigenvalue weighted by Crippen LogP contribution is 2.61. The first-order valence-electron chi connectivity index (χ1n) is 11.7. The van der Waals surface area contributed by atoms with Crippen LogP contribution in [0.2, 0.25) is 0 Å². The van der Waals surface area contributed by atoms with Crippen molar-refractivity contribution in [1.29, 1.82) is 0 Å². The third-order valence-corrected chi connectivity index (χ3v) is 14.6. The Balaban J connectivity index is 0. The number of carbonyl (C=O) groups is 4. The van der Waals surface area contributed by atoms with Crippen LogP contribution in [-0.4, -0.2) is 99.0 Å². The van der Waals surface area contributed by atoms with Crippen LogP contribution in [0.5, 0.6) is 0 Å². The second kappa shape index (κ2) is 22.4. The molecule has 0 bridgehead atoms. The molecule has 0 radical (unpaired) electrons. The van der Waals surface area contributed by atoms with Crippen LogP contribution in [0.15, 0.2) is 0 Å². The number of imide groups is 2. The first-order chi connectivity index (χ1) is 17.8. The van der Waals surface area contributed by atoms with Crippen LogP contribution in [0.25, 0.3) is 0 Å². The van der Waals surface area contributed by atoms with Crippen molar-refractivity contribution in [3.05, 3.63) is 0 Å². The molecular weight excluding hydrogens is 618 g/mol. The van der Waals surface area contributed by atoms with Crippen LogP contribution in [0, 0.1) is 0 Å². The van der Waals surface area contributed by atoms with E-state index in [0.29, 0.717) is 26.4 Å². The molecule has 0 aromatic heterocycles. The SMILES string of the molecule is CCOC(=O)N(C)C(=O)CSP(=S)(OCC)OCC.CCOP(=S)(OCC)SCC(=O)N(CC)C(=O)OC. The molecule has 38 heavy (non-hydrogen) atoms. The standard InChI is InChI=1S/2C10H20NO5PS2/c1-5-11(10(13)14-4)9(12)8-19-17(18,15-6-2)16-7-3;1-5-14-10(13)11(4)9(12)8-19-17(18,15-6-2)16-7-3/h2*5-8H2,1-4H3. The van der Waals surface area contributed by atoms with Gasteiger partial charge in [0.2, 0.25) is 23.2 Å². The topological polar surface area (TPSA) is 130 Å². The number of methoxy groups -OCH3 is 1. The highest BCUT2D eigenvalue weighted by Gasteiger charge is 2.26. The lowest BCUT2D eigenvalue weighted by molar-refractivity contribution is -0.127. The Morgan fingerprint density at radius 1 is 0.684 bits per heavy atom. The van der Waals surface area contributed by atoms with Gasteiger partial charge in [0.25, 0.3) is 0 Å². The van der Waals surface area contributed by atoms with Crippen LogP contribution < -0.4 is 0 Å². The summed E-state index contributed by atoms with van der Waals surface area (Å²) in [5.74, 6) is -0.711. The molecule has 18 heteroatoms. The lowest BCUT2D eigenvalue weighted by Gasteiger charge is -2.21. The molecule has 0 heterocycles. The zero-order valence-corrected chi connectivity index (χ0v) is 28.2. The van der Waals surface area contributed by atoms with Gasteiger partial charge in [-0.2, -0.15) is 0 Å². The van der Waals surface area contributed by atoms with E-state index in [2.05, 4.69) is 4.74 Å². The number of carbonyl (C=O) groups excluding carboxylic acids is 4. The fourth-order valence-corrected chi connectivity index (χ4v) is 10.7. The summed E-state index contributed by atoms with van der Waals surface area (Å²) in [4.78, 5) is 48.3. The molecule has 0 aliphatic rings. The smallest absolute Gasteiger partial charge is 0.416 e. The van der Waals surface area contributed by atoms with Crippen LogP contribution in [0.1, 0.15) is 41.5 Å². The minimum Gasteiger partial charge on any atom is -0.452 e. The van der Waals surface area contributed by atoms with Gasteiger partial charge in [-0.05, 0) is 65.2 Å². The van der Waals surface area contributed by atoms with Crippen molar-refractivity contribution in [2.24, 2.45) is 0 Å². The van der Waals surface area contributed by atoms with Crippen molar-refractivity contribution in [3.63, 3.8) is 0 Å². The van der Waals surface area contributed by atoms with Gasteiger partial charge in [-0.1, -0.05) is 22.8 Å². The molecule has 0 atom stereocenters.